The maximum absolute atomic E-state index is 13.6. The van der Waals surface area contributed by atoms with Crippen LogP contribution in [0.1, 0.15) is 18.7 Å². The Morgan fingerprint density at radius 2 is 1.18 bits per heavy atom. The zero-order valence-electron chi connectivity index (χ0n) is 15.6. The molecule has 4 rings (SSSR count). The molecule has 1 heterocycles. The van der Waals surface area contributed by atoms with Crippen molar-refractivity contribution in [2.45, 2.75) is 13.1 Å². The van der Waals surface area contributed by atoms with Crippen molar-refractivity contribution in [2.75, 3.05) is 16.3 Å². The summed E-state index contributed by atoms with van der Waals surface area (Å²) in [4.78, 5) is 31.6. The molecular weight excluding hydrogens is 350 g/mol. The van der Waals surface area contributed by atoms with Gasteiger partial charge in [-0.15, -0.1) is 0 Å². The molecule has 3 aromatic carbocycles. The Morgan fingerprint density at radius 1 is 0.679 bits per heavy atom. The van der Waals surface area contributed by atoms with Crippen LogP contribution in [0.2, 0.25) is 0 Å². The van der Waals surface area contributed by atoms with Crippen LogP contribution in [0.4, 0.5) is 21.0 Å². The van der Waals surface area contributed by atoms with E-state index < -0.39 is 6.17 Å². The van der Waals surface area contributed by atoms with Gasteiger partial charge in [-0.3, -0.25) is 9.80 Å². The normalized spacial score (nSPS) is 17.2. The molecule has 4 amide bonds. The first-order chi connectivity index (χ1) is 13.7. The van der Waals surface area contributed by atoms with E-state index in [9.17, 15) is 9.59 Å². The third-order valence-corrected chi connectivity index (χ3v) is 4.86. The van der Waals surface area contributed by atoms with Crippen molar-refractivity contribution in [3.63, 3.8) is 0 Å². The number of hydrogen-bond donors (Lipinski definition) is 0. The van der Waals surface area contributed by atoms with E-state index in [1.54, 1.807) is 21.9 Å². The highest BCUT2D eigenvalue weighted by atomic mass is 16.2. The lowest BCUT2D eigenvalue weighted by molar-refractivity contribution is 0.169. The highest BCUT2D eigenvalue weighted by Gasteiger charge is 2.45. The molecule has 5 heteroatoms. The average Bonchev–Trinajstić information content (AvgIpc) is 2.75. The van der Waals surface area contributed by atoms with Gasteiger partial charge >= 0.3 is 12.1 Å². The van der Waals surface area contributed by atoms with E-state index >= 15 is 0 Å². The largest absolute Gasteiger partial charge is 0.339 e. The Balaban J connectivity index is 1.88. The van der Waals surface area contributed by atoms with E-state index in [-0.39, 0.29) is 12.1 Å². The van der Waals surface area contributed by atoms with Crippen molar-refractivity contribution in [2.24, 2.45) is 0 Å². The topological polar surface area (TPSA) is 43.9 Å². The molecule has 3 aromatic rings. The first-order valence-electron chi connectivity index (χ1n) is 9.31. The van der Waals surface area contributed by atoms with Crippen LogP contribution in [0.5, 0.6) is 0 Å². The van der Waals surface area contributed by atoms with E-state index in [2.05, 4.69) is 0 Å². The average molecular weight is 371 g/mol. The van der Waals surface area contributed by atoms with E-state index in [0.29, 0.717) is 12.2 Å². The van der Waals surface area contributed by atoms with Crippen LogP contribution in [-0.2, 0) is 0 Å². The summed E-state index contributed by atoms with van der Waals surface area (Å²) in [5.41, 5.74) is 2.19. The Hall–Kier alpha value is -3.60. The van der Waals surface area contributed by atoms with Crippen molar-refractivity contribution < 1.29 is 9.59 Å². The first kappa shape index (κ1) is 17.8. The van der Waals surface area contributed by atoms with Gasteiger partial charge in [-0.1, -0.05) is 66.7 Å². The molecule has 0 saturated carbocycles. The summed E-state index contributed by atoms with van der Waals surface area (Å²) < 4.78 is 0. The van der Waals surface area contributed by atoms with E-state index in [1.807, 2.05) is 85.8 Å². The maximum Gasteiger partial charge on any atom is 0.339 e. The lowest BCUT2D eigenvalue weighted by Crippen LogP contribution is -2.62. The zero-order chi connectivity index (χ0) is 19.5. The zero-order valence-corrected chi connectivity index (χ0v) is 15.6. The number of carbonyl (C=O) groups is 2. The first-order valence-corrected chi connectivity index (χ1v) is 9.31. The third-order valence-electron chi connectivity index (χ3n) is 4.86. The summed E-state index contributed by atoms with van der Waals surface area (Å²) in [5, 5.41) is 0. The molecule has 1 atom stereocenters. The quantitative estimate of drug-likeness (QED) is 0.627. The lowest BCUT2D eigenvalue weighted by Gasteiger charge is -2.47. The van der Waals surface area contributed by atoms with Crippen molar-refractivity contribution in [3.05, 3.63) is 96.6 Å². The second-order valence-corrected chi connectivity index (χ2v) is 6.51. The number of amides is 4. The predicted molar refractivity (Wildman–Crippen MR) is 110 cm³/mol. The van der Waals surface area contributed by atoms with Crippen LogP contribution in [0.25, 0.3) is 0 Å². The minimum atomic E-state index is -0.506. The number of imide groups is 1. The van der Waals surface area contributed by atoms with E-state index in [4.69, 9.17) is 0 Å². The molecule has 140 valence electrons. The Morgan fingerprint density at radius 3 is 1.71 bits per heavy atom. The fourth-order valence-electron chi connectivity index (χ4n) is 3.57. The second kappa shape index (κ2) is 7.56. The van der Waals surface area contributed by atoms with Crippen LogP contribution in [0.3, 0.4) is 0 Å². The van der Waals surface area contributed by atoms with Crippen molar-refractivity contribution >= 4 is 23.4 Å². The Kier molecular flexibility index (Phi) is 4.81. The van der Waals surface area contributed by atoms with E-state index in [1.165, 1.54) is 4.90 Å². The minimum Gasteiger partial charge on any atom is -0.299 e. The van der Waals surface area contributed by atoms with Crippen LogP contribution in [0, 0.1) is 0 Å². The van der Waals surface area contributed by atoms with Gasteiger partial charge in [-0.25, -0.2) is 14.5 Å². The molecular formula is C23H21N3O2. The third kappa shape index (κ3) is 3.01. The number of anilines is 2. The second-order valence-electron chi connectivity index (χ2n) is 6.51. The SMILES string of the molecule is CCN1C(=O)N(c2ccccc2)C(=O)N(c2ccccc2)C1c1ccccc1. The van der Waals surface area contributed by atoms with Crippen molar-refractivity contribution in [1.82, 2.24) is 4.90 Å². The van der Waals surface area contributed by atoms with Crippen molar-refractivity contribution in [1.29, 1.82) is 0 Å². The van der Waals surface area contributed by atoms with Gasteiger partial charge in [0.1, 0.15) is 6.17 Å². The Bertz CT molecular complexity index is 961. The van der Waals surface area contributed by atoms with Gasteiger partial charge < -0.3 is 0 Å². The molecule has 1 fully saturated rings. The number of nitrogens with zero attached hydrogens (tertiary/aromatic N) is 3. The van der Waals surface area contributed by atoms with Crippen molar-refractivity contribution in [3.8, 4) is 0 Å². The number of para-hydroxylation sites is 2. The summed E-state index contributed by atoms with van der Waals surface area (Å²) in [6.07, 6.45) is -0.506. The minimum absolute atomic E-state index is 0.320. The molecule has 1 unspecified atom stereocenters. The number of carbonyl (C=O) groups excluding carboxylic acids is 2. The smallest absolute Gasteiger partial charge is 0.299 e. The Labute approximate surface area is 164 Å². The molecule has 0 spiro atoms. The van der Waals surface area contributed by atoms with Gasteiger partial charge in [-0.05, 0) is 36.8 Å². The molecule has 0 aromatic heterocycles. The fourth-order valence-corrected chi connectivity index (χ4v) is 3.57. The summed E-state index contributed by atoms with van der Waals surface area (Å²) in [6, 6.07) is 27.5. The number of urea groups is 2. The number of benzene rings is 3. The molecule has 1 saturated heterocycles. The van der Waals surface area contributed by atoms with Gasteiger partial charge in [0.25, 0.3) is 0 Å². The summed E-state index contributed by atoms with van der Waals surface area (Å²) >= 11 is 0. The molecule has 1 aliphatic rings. The highest BCUT2D eigenvalue weighted by molar-refractivity contribution is 6.21. The van der Waals surface area contributed by atoms with E-state index in [0.717, 1.165) is 11.3 Å². The molecule has 28 heavy (non-hydrogen) atoms. The monoisotopic (exact) mass is 371 g/mol. The molecule has 1 aliphatic heterocycles. The van der Waals surface area contributed by atoms with Crippen LogP contribution in [-0.4, -0.2) is 23.5 Å². The summed E-state index contributed by atoms with van der Waals surface area (Å²) in [6.45, 7) is 2.40. The predicted octanol–water partition coefficient (Wildman–Crippen LogP) is 5.27. The van der Waals surface area contributed by atoms with Gasteiger partial charge in [0, 0.05) is 12.2 Å². The van der Waals surface area contributed by atoms with Gasteiger partial charge in [0.15, 0.2) is 0 Å². The molecule has 0 aliphatic carbocycles. The molecule has 0 N–H and O–H groups in total. The van der Waals surface area contributed by atoms with Crippen LogP contribution >= 0.6 is 0 Å². The summed E-state index contributed by atoms with van der Waals surface area (Å²) in [5.74, 6) is 0. The van der Waals surface area contributed by atoms with Gasteiger partial charge in [0.05, 0.1) is 5.69 Å². The molecule has 0 radical (unpaired) electrons. The van der Waals surface area contributed by atoms with Crippen LogP contribution < -0.4 is 9.80 Å². The maximum atomic E-state index is 13.6. The fraction of sp³-hybridized carbons (Fsp3) is 0.130. The standard InChI is InChI=1S/C23H21N3O2/c1-2-24-21(18-12-6-3-7-13-18)25(19-14-8-4-9-15-19)23(28)26(22(24)27)20-16-10-5-11-17-20/h3-17,21H,2H2,1H3. The summed E-state index contributed by atoms with van der Waals surface area (Å²) in [7, 11) is 0. The molecule has 5 nitrogen and oxygen atoms in total. The van der Waals surface area contributed by atoms with Crippen LogP contribution in [0.15, 0.2) is 91.0 Å². The lowest BCUT2D eigenvalue weighted by atomic mass is 10.1. The molecule has 0 bridgehead atoms. The van der Waals surface area contributed by atoms with Gasteiger partial charge in [0.2, 0.25) is 0 Å². The number of hydrogen-bond acceptors (Lipinski definition) is 2. The van der Waals surface area contributed by atoms with Gasteiger partial charge in [-0.2, -0.15) is 0 Å². The number of rotatable bonds is 4. The highest BCUT2D eigenvalue weighted by Crippen LogP contribution is 2.37.